The molecular weight excluding hydrogens is 300 g/mol. The van der Waals surface area contributed by atoms with E-state index in [-0.39, 0.29) is 5.75 Å². The van der Waals surface area contributed by atoms with Gasteiger partial charge in [0.2, 0.25) is 0 Å². The third-order valence-corrected chi connectivity index (χ3v) is 4.14. The van der Waals surface area contributed by atoms with E-state index in [9.17, 15) is 5.11 Å². The van der Waals surface area contributed by atoms with Crippen molar-refractivity contribution in [1.29, 1.82) is 5.26 Å². The molecule has 0 atom stereocenters. The molecule has 3 rings (SSSR count). The van der Waals surface area contributed by atoms with Crippen LogP contribution in [0.4, 0.5) is 0 Å². The summed E-state index contributed by atoms with van der Waals surface area (Å²) in [6.07, 6.45) is 0.776. The number of nitrogens with zero attached hydrogens (tertiary/aromatic N) is 2. The molecule has 0 amide bonds. The van der Waals surface area contributed by atoms with Gasteiger partial charge in [0.1, 0.15) is 17.2 Å². The van der Waals surface area contributed by atoms with Crippen LogP contribution in [0.15, 0.2) is 36.4 Å². The zero-order valence-electron chi connectivity index (χ0n) is 13.9. The third-order valence-electron chi connectivity index (χ3n) is 4.14. The number of aromatic nitrogens is 1. The molecule has 4 nitrogen and oxygen atoms in total. The van der Waals surface area contributed by atoms with Crippen LogP contribution in [0.2, 0.25) is 0 Å². The van der Waals surface area contributed by atoms with E-state index in [0.717, 1.165) is 28.8 Å². The number of nitriles is 1. The summed E-state index contributed by atoms with van der Waals surface area (Å²) in [5.41, 5.74) is 3.99. The fourth-order valence-corrected chi connectivity index (χ4v) is 2.70. The molecule has 120 valence electrons. The van der Waals surface area contributed by atoms with Gasteiger partial charge in [0.15, 0.2) is 0 Å². The molecule has 1 aromatic heterocycles. The molecule has 0 aliphatic heterocycles. The van der Waals surface area contributed by atoms with Gasteiger partial charge in [0.25, 0.3) is 0 Å². The standard InChI is InChI=1S/C20H18N2O2/c1-4-17-13(3)20(23)16-10-19(12(2)9-18(16)22-17)24-15-7-5-14(11-21)6-8-15/h5-10H,4H2,1-3H3,(H,22,23). The largest absolute Gasteiger partial charge is 0.507 e. The number of rotatable bonds is 3. The predicted molar refractivity (Wildman–Crippen MR) is 93.5 cm³/mol. The summed E-state index contributed by atoms with van der Waals surface area (Å²) in [7, 11) is 0. The van der Waals surface area contributed by atoms with Gasteiger partial charge < -0.3 is 9.84 Å². The molecule has 0 aliphatic rings. The van der Waals surface area contributed by atoms with Crippen LogP contribution in [0.5, 0.6) is 17.2 Å². The monoisotopic (exact) mass is 318 g/mol. The molecule has 0 saturated carbocycles. The smallest absolute Gasteiger partial charge is 0.131 e. The Morgan fingerprint density at radius 3 is 2.50 bits per heavy atom. The fraction of sp³-hybridized carbons (Fsp3) is 0.200. The zero-order valence-corrected chi connectivity index (χ0v) is 13.9. The van der Waals surface area contributed by atoms with Crippen LogP contribution in [0.1, 0.15) is 29.3 Å². The molecule has 0 bridgehead atoms. The molecule has 24 heavy (non-hydrogen) atoms. The number of hydrogen-bond donors (Lipinski definition) is 1. The minimum absolute atomic E-state index is 0.251. The van der Waals surface area contributed by atoms with Crippen molar-refractivity contribution in [3.05, 3.63) is 58.8 Å². The van der Waals surface area contributed by atoms with Gasteiger partial charge in [0.05, 0.1) is 17.1 Å². The first kappa shape index (κ1) is 15.8. The van der Waals surface area contributed by atoms with Gasteiger partial charge in [-0.25, -0.2) is 0 Å². The molecule has 4 heteroatoms. The van der Waals surface area contributed by atoms with Crippen LogP contribution in [-0.2, 0) is 6.42 Å². The van der Waals surface area contributed by atoms with Crippen molar-refractivity contribution in [2.45, 2.75) is 27.2 Å². The summed E-state index contributed by atoms with van der Waals surface area (Å²) < 4.78 is 5.92. The van der Waals surface area contributed by atoms with E-state index in [1.807, 2.05) is 32.9 Å². The minimum Gasteiger partial charge on any atom is -0.507 e. The second kappa shape index (κ2) is 6.21. The van der Waals surface area contributed by atoms with Gasteiger partial charge >= 0.3 is 0 Å². The number of ether oxygens (including phenoxy) is 1. The molecule has 0 spiro atoms. The second-order valence-electron chi connectivity index (χ2n) is 5.76. The Labute approximate surface area is 141 Å². The Balaban J connectivity index is 2.06. The van der Waals surface area contributed by atoms with Crippen LogP contribution >= 0.6 is 0 Å². The van der Waals surface area contributed by atoms with Gasteiger partial charge in [-0.2, -0.15) is 5.26 Å². The quantitative estimate of drug-likeness (QED) is 0.754. The van der Waals surface area contributed by atoms with Crippen molar-refractivity contribution in [3.8, 4) is 23.3 Å². The Morgan fingerprint density at radius 1 is 1.17 bits per heavy atom. The van der Waals surface area contributed by atoms with E-state index >= 15 is 0 Å². The molecule has 0 radical (unpaired) electrons. The van der Waals surface area contributed by atoms with E-state index < -0.39 is 0 Å². The van der Waals surface area contributed by atoms with Crippen molar-refractivity contribution in [2.24, 2.45) is 0 Å². The SMILES string of the molecule is CCc1nc2cc(C)c(Oc3ccc(C#N)cc3)cc2c(O)c1C. The molecular formula is C20H18N2O2. The van der Waals surface area contributed by atoms with Gasteiger partial charge in [0, 0.05) is 16.6 Å². The molecule has 1 N–H and O–H groups in total. The normalized spacial score (nSPS) is 10.6. The Hall–Kier alpha value is -3.06. The third kappa shape index (κ3) is 2.77. The average Bonchev–Trinajstić information content (AvgIpc) is 2.60. The van der Waals surface area contributed by atoms with E-state index in [0.29, 0.717) is 22.4 Å². The number of hydrogen-bond acceptors (Lipinski definition) is 4. The van der Waals surface area contributed by atoms with Gasteiger partial charge in [-0.15, -0.1) is 0 Å². The summed E-state index contributed by atoms with van der Waals surface area (Å²) in [4.78, 5) is 4.63. The second-order valence-corrected chi connectivity index (χ2v) is 5.76. The number of pyridine rings is 1. The highest BCUT2D eigenvalue weighted by atomic mass is 16.5. The highest BCUT2D eigenvalue weighted by Crippen LogP contribution is 2.35. The molecule has 0 aliphatic carbocycles. The van der Waals surface area contributed by atoms with Crippen LogP contribution in [-0.4, -0.2) is 10.1 Å². The number of benzene rings is 2. The van der Waals surface area contributed by atoms with Crippen molar-refractivity contribution in [1.82, 2.24) is 4.98 Å². The Bertz CT molecular complexity index is 954. The number of aromatic hydroxyl groups is 1. The lowest BCUT2D eigenvalue weighted by molar-refractivity contribution is 0.471. The minimum atomic E-state index is 0.251. The topological polar surface area (TPSA) is 66.1 Å². The van der Waals surface area contributed by atoms with Crippen molar-refractivity contribution < 1.29 is 9.84 Å². The van der Waals surface area contributed by atoms with E-state index in [1.165, 1.54) is 0 Å². The van der Waals surface area contributed by atoms with Gasteiger partial charge in [-0.05, 0) is 62.2 Å². The maximum atomic E-state index is 10.5. The van der Waals surface area contributed by atoms with Crippen molar-refractivity contribution in [3.63, 3.8) is 0 Å². The first-order valence-electron chi connectivity index (χ1n) is 7.84. The molecule has 0 saturated heterocycles. The predicted octanol–water partition coefficient (Wildman–Crippen LogP) is 4.78. The van der Waals surface area contributed by atoms with Crippen LogP contribution < -0.4 is 4.74 Å². The first-order chi connectivity index (χ1) is 11.5. The van der Waals surface area contributed by atoms with Crippen LogP contribution in [0, 0.1) is 25.2 Å². The molecule has 0 unspecified atom stereocenters. The molecule has 0 fully saturated rings. The molecule has 2 aromatic carbocycles. The highest BCUT2D eigenvalue weighted by molar-refractivity contribution is 5.88. The summed E-state index contributed by atoms with van der Waals surface area (Å²) >= 11 is 0. The Morgan fingerprint density at radius 2 is 1.88 bits per heavy atom. The van der Waals surface area contributed by atoms with E-state index in [1.54, 1.807) is 24.3 Å². The number of aryl methyl sites for hydroxylation is 2. The van der Waals surface area contributed by atoms with Crippen LogP contribution in [0.25, 0.3) is 10.9 Å². The first-order valence-corrected chi connectivity index (χ1v) is 7.84. The summed E-state index contributed by atoms with van der Waals surface area (Å²) in [6.45, 7) is 5.85. The zero-order chi connectivity index (χ0) is 17.3. The summed E-state index contributed by atoms with van der Waals surface area (Å²) in [6, 6.07) is 12.8. The fourth-order valence-electron chi connectivity index (χ4n) is 2.70. The van der Waals surface area contributed by atoms with Gasteiger partial charge in [-0.1, -0.05) is 6.92 Å². The molecule has 1 heterocycles. The van der Waals surface area contributed by atoms with Gasteiger partial charge in [-0.3, -0.25) is 4.98 Å². The maximum absolute atomic E-state index is 10.5. The lowest BCUT2D eigenvalue weighted by atomic mass is 10.0. The lowest BCUT2D eigenvalue weighted by Gasteiger charge is -2.13. The van der Waals surface area contributed by atoms with E-state index in [4.69, 9.17) is 10.00 Å². The average molecular weight is 318 g/mol. The van der Waals surface area contributed by atoms with Crippen molar-refractivity contribution in [2.75, 3.05) is 0 Å². The molecule has 3 aromatic rings. The Kier molecular flexibility index (Phi) is 4.09. The number of fused-ring (bicyclic) bond motifs is 1. The van der Waals surface area contributed by atoms with Crippen molar-refractivity contribution >= 4 is 10.9 Å². The summed E-state index contributed by atoms with van der Waals surface area (Å²) in [5.74, 6) is 1.56. The van der Waals surface area contributed by atoms with E-state index in [2.05, 4.69) is 11.1 Å². The maximum Gasteiger partial charge on any atom is 0.131 e. The van der Waals surface area contributed by atoms with Crippen LogP contribution in [0.3, 0.4) is 0 Å². The highest BCUT2D eigenvalue weighted by Gasteiger charge is 2.13. The summed E-state index contributed by atoms with van der Waals surface area (Å²) in [5, 5.41) is 20.0. The lowest BCUT2D eigenvalue weighted by Crippen LogP contribution is -1.96.